The maximum Gasteiger partial charge on any atom is 0.238 e. The molecular weight excluding hydrogens is 266 g/mol. The summed E-state index contributed by atoms with van der Waals surface area (Å²) in [7, 11) is 0. The van der Waals surface area contributed by atoms with Crippen LogP contribution in [0.1, 0.15) is 16.7 Å². The summed E-state index contributed by atoms with van der Waals surface area (Å²) < 4.78 is 0. The smallest absolute Gasteiger partial charge is 0.238 e. The van der Waals surface area contributed by atoms with Gasteiger partial charge in [-0.05, 0) is 55.2 Å². The van der Waals surface area contributed by atoms with E-state index in [0.717, 1.165) is 12.1 Å². The lowest BCUT2D eigenvalue weighted by Crippen LogP contribution is -2.24. The van der Waals surface area contributed by atoms with E-state index in [-0.39, 0.29) is 11.2 Å². The molecule has 1 aliphatic heterocycles. The zero-order chi connectivity index (χ0) is 14.1. The van der Waals surface area contributed by atoms with E-state index >= 15 is 0 Å². The molecule has 3 rings (SSSR count). The highest BCUT2D eigenvalue weighted by atomic mass is 32.2. The third-order valence-corrected chi connectivity index (χ3v) is 5.03. The van der Waals surface area contributed by atoms with Crippen LogP contribution in [0.25, 0.3) is 0 Å². The predicted molar refractivity (Wildman–Crippen MR) is 84.3 cm³/mol. The van der Waals surface area contributed by atoms with E-state index in [0.29, 0.717) is 0 Å². The number of anilines is 1. The van der Waals surface area contributed by atoms with Crippen molar-refractivity contribution in [3.63, 3.8) is 0 Å². The van der Waals surface area contributed by atoms with Crippen LogP contribution in [0.2, 0.25) is 0 Å². The van der Waals surface area contributed by atoms with Crippen molar-refractivity contribution in [1.82, 2.24) is 0 Å². The van der Waals surface area contributed by atoms with E-state index in [1.807, 2.05) is 30.3 Å². The Hall–Kier alpha value is -1.74. The third-order valence-electron chi connectivity index (χ3n) is 3.71. The summed E-state index contributed by atoms with van der Waals surface area (Å²) in [6.45, 7) is 4.13. The number of carbonyl (C=O) groups excluding carboxylic acids is 1. The molecule has 2 aromatic rings. The first kappa shape index (κ1) is 13.3. The van der Waals surface area contributed by atoms with Crippen LogP contribution < -0.4 is 5.32 Å². The van der Waals surface area contributed by atoms with Crippen molar-refractivity contribution in [2.45, 2.75) is 30.4 Å². The van der Waals surface area contributed by atoms with E-state index in [2.05, 4.69) is 31.3 Å². The maximum absolute atomic E-state index is 12.3. The SMILES string of the molecule is Cc1ccc(NC(=O)C2Cc3ccccc3S2)cc1C. The fourth-order valence-electron chi connectivity index (χ4n) is 2.37. The Labute approximate surface area is 123 Å². The molecule has 0 radical (unpaired) electrons. The molecule has 1 aliphatic rings. The lowest BCUT2D eigenvalue weighted by atomic mass is 10.1. The van der Waals surface area contributed by atoms with Gasteiger partial charge in [-0.3, -0.25) is 4.79 Å². The molecule has 20 heavy (non-hydrogen) atoms. The topological polar surface area (TPSA) is 29.1 Å². The molecule has 1 atom stereocenters. The molecule has 3 heteroatoms. The van der Waals surface area contributed by atoms with Crippen molar-refractivity contribution in [1.29, 1.82) is 0 Å². The Bertz CT molecular complexity index is 641. The van der Waals surface area contributed by atoms with Crippen LogP contribution in [0, 0.1) is 13.8 Å². The number of benzene rings is 2. The highest BCUT2D eigenvalue weighted by Gasteiger charge is 2.27. The van der Waals surface area contributed by atoms with Gasteiger partial charge in [0.2, 0.25) is 5.91 Å². The van der Waals surface area contributed by atoms with Crippen molar-refractivity contribution in [2.24, 2.45) is 0 Å². The van der Waals surface area contributed by atoms with Crippen LogP contribution in [-0.2, 0) is 11.2 Å². The molecule has 0 saturated carbocycles. The summed E-state index contributed by atoms with van der Waals surface area (Å²) in [5.41, 5.74) is 4.60. The lowest BCUT2D eigenvalue weighted by molar-refractivity contribution is -0.115. The lowest BCUT2D eigenvalue weighted by Gasteiger charge is -2.11. The zero-order valence-electron chi connectivity index (χ0n) is 11.6. The summed E-state index contributed by atoms with van der Waals surface area (Å²) in [4.78, 5) is 13.6. The van der Waals surface area contributed by atoms with Crippen LogP contribution >= 0.6 is 11.8 Å². The minimum absolute atomic E-state index is 0.0194. The Morgan fingerprint density at radius 3 is 2.70 bits per heavy atom. The fourth-order valence-corrected chi connectivity index (χ4v) is 3.57. The van der Waals surface area contributed by atoms with Crippen molar-refractivity contribution in [3.05, 3.63) is 59.2 Å². The first-order chi connectivity index (χ1) is 9.63. The molecule has 0 fully saturated rings. The van der Waals surface area contributed by atoms with Crippen molar-refractivity contribution in [2.75, 3.05) is 5.32 Å². The number of hydrogen-bond acceptors (Lipinski definition) is 2. The Morgan fingerprint density at radius 2 is 1.95 bits per heavy atom. The van der Waals surface area contributed by atoms with Gasteiger partial charge in [0.15, 0.2) is 0 Å². The molecule has 102 valence electrons. The zero-order valence-corrected chi connectivity index (χ0v) is 12.5. The van der Waals surface area contributed by atoms with Gasteiger partial charge in [-0.25, -0.2) is 0 Å². The molecule has 2 nitrogen and oxygen atoms in total. The van der Waals surface area contributed by atoms with Crippen molar-refractivity contribution >= 4 is 23.4 Å². The van der Waals surface area contributed by atoms with Gasteiger partial charge < -0.3 is 5.32 Å². The Kier molecular flexibility index (Phi) is 3.53. The highest BCUT2D eigenvalue weighted by Crippen LogP contribution is 2.37. The summed E-state index contributed by atoms with van der Waals surface area (Å²) in [6, 6.07) is 14.3. The number of thioether (sulfide) groups is 1. The Balaban J connectivity index is 1.71. The summed E-state index contributed by atoms with van der Waals surface area (Å²) in [5, 5.41) is 3.01. The van der Waals surface area contributed by atoms with Gasteiger partial charge in [0.1, 0.15) is 0 Å². The van der Waals surface area contributed by atoms with Gasteiger partial charge in [0.25, 0.3) is 0 Å². The Morgan fingerprint density at radius 1 is 1.15 bits per heavy atom. The molecule has 1 unspecified atom stereocenters. The summed E-state index contributed by atoms with van der Waals surface area (Å²) in [6.07, 6.45) is 0.817. The number of carbonyl (C=O) groups is 1. The quantitative estimate of drug-likeness (QED) is 0.904. The normalized spacial score (nSPS) is 16.8. The standard InChI is InChI=1S/C17H17NOS/c1-11-7-8-14(9-12(11)2)18-17(19)16-10-13-5-3-4-6-15(13)20-16/h3-9,16H,10H2,1-2H3,(H,18,19). The number of aryl methyl sites for hydroxylation is 2. The third kappa shape index (κ3) is 2.59. The van der Waals surface area contributed by atoms with Gasteiger partial charge in [-0.1, -0.05) is 24.3 Å². The monoisotopic (exact) mass is 283 g/mol. The molecule has 0 spiro atoms. The van der Waals surface area contributed by atoms with Crippen LogP contribution in [-0.4, -0.2) is 11.2 Å². The van der Waals surface area contributed by atoms with Crippen LogP contribution in [0.4, 0.5) is 5.69 Å². The van der Waals surface area contributed by atoms with E-state index in [9.17, 15) is 4.79 Å². The summed E-state index contributed by atoms with van der Waals surface area (Å²) >= 11 is 1.66. The molecule has 1 heterocycles. The second-order valence-electron chi connectivity index (χ2n) is 5.21. The number of rotatable bonds is 2. The first-order valence-corrected chi connectivity index (χ1v) is 7.64. The van der Waals surface area contributed by atoms with Gasteiger partial charge in [0.05, 0.1) is 5.25 Å². The van der Waals surface area contributed by atoms with Crippen molar-refractivity contribution in [3.8, 4) is 0 Å². The molecule has 1 N–H and O–H groups in total. The second kappa shape index (κ2) is 5.33. The molecule has 1 amide bonds. The molecular formula is C17H17NOS. The average Bonchev–Trinajstić information content (AvgIpc) is 2.87. The van der Waals surface area contributed by atoms with Gasteiger partial charge in [0, 0.05) is 10.6 Å². The molecule has 0 bridgehead atoms. The predicted octanol–water partition coefficient (Wildman–Crippen LogP) is 3.96. The van der Waals surface area contributed by atoms with E-state index in [1.54, 1.807) is 11.8 Å². The van der Waals surface area contributed by atoms with Gasteiger partial charge in [-0.15, -0.1) is 11.8 Å². The number of nitrogens with one attached hydrogen (secondary N) is 1. The second-order valence-corrected chi connectivity index (χ2v) is 6.45. The number of hydrogen-bond donors (Lipinski definition) is 1. The van der Waals surface area contributed by atoms with Crippen LogP contribution in [0.5, 0.6) is 0 Å². The molecule has 0 aromatic heterocycles. The summed E-state index contributed by atoms with van der Waals surface area (Å²) in [5.74, 6) is 0.0921. The van der Waals surface area contributed by atoms with E-state index in [1.165, 1.54) is 21.6 Å². The largest absolute Gasteiger partial charge is 0.325 e. The highest BCUT2D eigenvalue weighted by molar-refractivity contribution is 8.01. The van der Waals surface area contributed by atoms with Gasteiger partial charge in [-0.2, -0.15) is 0 Å². The maximum atomic E-state index is 12.3. The minimum atomic E-state index is -0.0194. The molecule has 2 aromatic carbocycles. The van der Waals surface area contributed by atoms with Crippen LogP contribution in [0.15, 0.2) is 47.4 Å². The van der Waals surface area contributed by atoms with Crippen molar-refractivity contribution < 1.29 is 4.79 Å². The average molecular weight is 283 g/mol. The number of fused-ring (bicyclic) bond motifs is 1. The first-order valence-electron chi connectivity index (χ1n) is 6.76. The van der Waals surface area contributed by atoms with E-state index < -0.39 is 0 Å². The fraction of sp³-hybridized carbons (Fsp3) is 0.235. The van der Waals surface area contributed by atoms with Crippen LogP contribution in [0.3, 0.4) is 0 Å². The minimum Gasteiger partial charge on any atom is -0.325 e. The molecule has 0 saturated heterocycles. The van der Waals surface area contributed by atoms with E-state index in [4.69, 9.17) is 0 Å². The van der Waals surface area contributed by atoms with Gasteiger partial charge >= 0.3 is 0 Å². The number of amides is 1. The molecule has 0 aliphatic carbocycles.